The Balaban J connectivity index is 2.49. The summed E-state index contributed by atoms with van der Waals surface area (Å²) in [4.78, 5) is 8.75. The minimum atomic E-state index is 0.487. The van der Waals surface area contributed by atoms with E-state index in [-0.39, 0.29) is 0 Å². The van der Waals surface area contributed by atoms with Gasteiger partial charge in [-0.3, -0.25) is 0 Å². The van der Waals surface area contributed by atoms with Gasteiger partial charge in [-0.2, -0.15) is 4.98 Å². The molecule has 20 heavy (non-hydrogen) atoms. The summed E-state index contributed by atoms with van der Waals surface area (Å²) in [6, 6.07) is 1.81. The number of hydrogen-bond acceptors (Lipinski definition) is 6. The highest BCUT2D eigenvalue weighted by molar-refractivity contribution is 5.38. The smallest absolute Gasteiger partial charge is 0.218 e. The van der Waals surface area contributed by atoms with Crippen LogP contribution in [0.15, 0.2) is 6.07 Å². The van der Waals surface area contributed by atoms with Gasteiger partial charge < -0.3 is 19.5 Å². The SMILES string of the molecule is CCOCCCNc1cc(OCCOC)nc(CC)n1. The summed E-state index contributed by atoms with van der Waals surface area (Å²) in [6.07, 6.45) is 1.72. The molecule has 0 bridgehead atoms. The molecule has 0 atom stereocenters. The maximum atomic E-state index is 5.53. The molecule has 0 saturated carbocycles. The molecule has 0 aromatic carbocycles. The molecule has 0 aliphatic carbocycles. The van der Waals surface area contributed by atoms with E-state index in [0.29, 0.717) is 19.1 Å². The van der Waals surface area contributed by atoms with Crippen LogP contribution in [0.4, 0.5) is 5.82 Å². The van der Waals surface area contributed by atoms with Gasteiger partial charge in [0.1, 0.15) is 18.2 Å². The van der Waals surface area contributed by atoms with E-state index in [1.807, 2.05) is 19.9 Å². The molecule has 0 spiro atoms. The molecule has 0 unspecified atom stereocenters. The fourth-order valence-electron chi connectivity index (χ4n) is 1.56. The van der Waals surface area contributed by atoms with Gasteiger partial charge in [-0.15, -0.1) is 0 Å². The van der Waals surface area contributed by atoms with Gasteiger partial charge in [0.2, 0.25) is 5.88 Å². The van der Waals surface area contributed by atoms with Crippen molar-refractivity contribution >= 4 is 5.82 Å². The number of methoxy groups -OCH3 is 1. The van der Waals surface area contributed by atoms with Crippen molar-refractivity contribution in [3.05, 3.63) is 11.9 Å². The van der Waals surface area contributed by atoms with Gasteiger partial charge in [0.25, 0.3) is 0 Å². The largest absolute Gasteiger partial charge is 0.475 e. The highest BCUT2D eigenvalue weighted by atomic mass is 16.5. The van der Waals surface area contributed by atoms with E-state index >= 15 is 0 Å². The van der Waals surface area contributed by atoms with Crippen LogP contribution >= 0.6 is 0 Å². The number of nitrogens with zero attached hydrogens (tertiary/aromatic N) is 2. The maximum absolute atomic E-state index is 5.53. The Bertz CT molecular complexity index is 375. The summed E-state index contributed by atoms with van der Waals surface area (Å²) in [7, 11) is 1.65. The maximum Gasteiger partial charge on any atom is 0.218 e. The average molecular weight is 283 g/mol. The van der Waals surface area contributed by atoms with Crippen LogP contribution in [0.3, 0.4) is 0 Å². The van der Waals surface area contributed by atoms with Crippen LogP contribution in [-0.4, -0.2) is 50.1 Å². The number of anilines is 1. The summed E-state index contributed by atoms with van der Waals surface area (Å²) in [5.41, 5.74) is 0. The summed E-state index contributed by atoms with van der Waals surface area (Å²) < 4.78 is 15.8. The Morgan fingerprint density at radius 1 is 1.15 bits per heavy atom. The first-order valence-electron chi connectivity index (χ1n) is 7.11. The molecule has 6 heteroatoms. The van der Waals surface area contributed by atoms with Gasteiger partial charge in [0, 0.05) is 39.4 Å². The topological polar surface area (TPSA) is 65.5 Å². The van der Waals surface area contributed by atoms with Crippen LogP contribution in [0.1, 0.15) is 26.1 Å². The molecule has 6 nitrogen and oxygen atoms in total. The monoisotopic (exact) mass is 283 g/mol. The van der Waals surface area contributed by atoms with E-state index in [1.54, 1.807) is 7.11 Å². The average Bonchev–Trinajstić information content (AvgIpc) is 2.47. The molecule has 114 valence electrons. The van der Waals surface area contributed by atoms with Crippen LogP contribution in [-0.2, 0) is 15.9 Å². The second-order valence-corrected chi connectivity index (χ2v) is 4.18. The molecule has 0 radical (unpaired) electrons. The van der Waals surface area contributed by atoms with Crippen LogP contribution in [0, 0.1) is 0 Å². The second kappa shape index (κ2) is 10.4. The summed E-state index contributed by atoms with van der Waals surface area (Å²) in [6.45, 7) is 7.38. The molecule has 1 aromatic rings. The first-order chi connectivity index (χ1) is 9.80. The third-order valence-corrected chi connectivity index (χ3v) is 2.58. The predicted octanol–water partition coefficient (Wildman–Crippen LogP) is 1.90. The fraction of sp³-hybridized carbons (Fsp3) is 0.714. The highest BCUT2D eigenvalue weighted by Gasteiger charge is 2.04. The Kier molecular flexibility index (Phi) is 8.66. The van der Waals surface area contributed by atoms with Gasteiger partial charge >= 0.3 is 0 Å². The minimum absolute atomic E-state index is 0.487. The van der Waals surface area contributed by atoms with Gasteiger partial charge in [0.05, 0.1) is 6.61 Å². The lowest BCUT2D eigenvalue weighted by atomic mass is 10.4. The van der Waals surface area contributed by atoms with E-state index < -0.39 is 0 Å². The van der Waals surface area contributed by atoms with Crippen LogP contribution in [0.25, 0.3) is 0 Å². The van der Waals surface area contributed by atoms with E-state index in [4.69, 9.17) is 14.2 Å². The Morgan fingerprint density at radius 3 is 2.70 bits per heavy atom. The zero-order valence-electron chi connectivity index (χ0n) is 12.6. The van der Waals surface area contributed by atoms with E-state index in [0.717, 1.165) is 44.2 Å². The first-order valence-corrected chi connectivity index (χ1v) is 7.11. The number of aromatic nitrogens is 2. The molecule has 1 heterocycles. The lowest BCUT2D eigenvalue weighted by Crippen LogP contribution is -2.10. The van der Waals surface area contributed by atoms with Gasteiger partial charge in [-0.25, -0.2) is 4.98 Å². The number of aryl methyl sites for hydroxylation is 1. The van der Waals surface area contributed by atoms with Crippen molar-refractivity contribution in [1.29, 1.82) is 0 Å². The summed E-state index contributed by atoms with van der Waals surface area (Å²) >= 11 is 0. The number of hydrogen-bond donors (Lipinski definition) is 1. The molecular formula is C14H25N3O3. The quantitative estimate of drug-likeness (QED) is 0.626. The zero-order valence-corrected chi connectivity index (χ0v) is 12.6. The normalized spacial score (nSPS) is 10.6. The number of ether oxygens (including phenoxy) is 3. The van der Waals surface area contributed by atoms with Crippen molar-refractivity contribution in [2.24, 2.45) is 0 Å². The molecule has 0 amide bonds. The van der Waals surface area contributed by atoms with Crippen molar-refractivity contribution in [1.82, 2.24) is 9.97 Å². The molecule has 1 rings (SSSR count). The molecule has 0 saturated heterocycles. The molecule has 1 N–H and O–H groups in total. The molecular weight excluding hydrogens is 258 g/mol. The highest BCUT2D eigenvalue weighted by Crippen LogP contribution is 2.14. The molecule has 0 aliphatic rings. The minimum Gasteiger partial charge on any atom is -0.475 e. The molecule has 0 fully saturated rings. The van der Waals surface area contributed by atoms with Crippen molar-refractivity contribution in [2.75, 3.05) is 45.4 Å². The lowest BCUT2D eigenvalue weighted by molar-refractivity contribution is 0.143. The second-order valence-electron chi connectivity index (χ2n) is 4.18. The third kappa shape index (κ3) is 6.68. The van der Waals surface area contributed by atoms with Crippen molar-refractivity contribution in [3.8, 4) is 5.88 Å². The predicted molar refractivity (Wildman–Crippen MR) is 78.4 cm³/mol. The molecule has 0 aliphatic heterocycles. The van der Waals surface area contributed by atoms with E-state index in [1.165, 1.54) is 0 Å². The Labute approximate surface area is 120 Å². The van der Waals surface area contributed by atoms with Gasteiger partial charge in [0.15, 0.2) is 0 Å². The van der Waals surface area contributed by atoms with Crippen LogP contribution in [0.5, 0.6) is 5.88 Å². The standard InChI is InChI=1S/C14H25N3O3/c1-4-12-16-13(15-7-6-8-19-5-2)11-14(17-12)20-10-9-18-3/h11H,4-10H2,1-3H3,(H,15,16,17). The molecule has 1 aromatic heterocycles. The van der Waals surface area contributed by atoms with Gasteiger partial charge in [-0.05, 0) is 13.3 Å². The first kappa shape index (κ1) is 16.7. The van der Waals surface area contributed by atoms with Crippen LogP contribution in [0.2, 0.25) is 0 Å². The fourth-order valence-corrected chi connectivity index (χ4v) is 1.56. The number of nitrogens with one attached hydrogen (secondary N) is 1. The summed E-state index contributed by atoms with van der Waals surface area (Å²) in [5, 5.41) is 3.27. The Morgan fingerprint density at radius 2 is 2.00 bits per heavy atom. The lowest BCUT2D eigenvalue weighted by Gasteiger charge is -2.10. The Hall–Kier alpha value is -1.40. The van der Waals surface area contributed by atoms with E-state index in [2.05, 4.69) is 15.3 Å². The van der Waals surface area contributed by atoms with Crippen molar-refractivity contribution in [3.63, 3.8) is 0 Å². The van der Waals surface area contributed by atoms with Crippen LogP contribution < -0.4 is 10.1 Å². The zero-order chi connectivity index (χ0) is 14.6. The summed E-state index contributed by atoms with van der Waals surface area (Å²) in [5.74, 6) is 2.15. The van der Waals surface area contributed by atoms with Crippen molar-refractivity contribution < 1.29 is 14.2 Å². The van der Waals surface area contributed by atoms with E-state index in [9.17, 15) is 0 Å². The third-order valence-electron chi connectivity index (χ3n) is 2.58. The number of rotatable bonds is 11. The van der Waals surface area contributed by atoms with Crippen molar-refractivity contribution in [2.45, 2.75) is 26.7 Å². The van der Waals surface area contributed by atoms with Gasteiger partial charge in [-0.1, -0.05) is 6.92 Å².